The molecule has 0 N–H and O–H groups in total. The molecule has 3 aromatic rings. The molecule has 1 aliphatic heterocycles. The van der Waals surface area contributed by atoms with Gasteiger partial charge in [0.2, 0.25) is 0 Å². The van der Waals surface area contributed by atoms with E-state index in [1.54, 1.807) is 28.3 Å². The minimum atomic E-state index is -0.0373. The number of aryl methyl sites for hydroxylation is 3. The van der Waals surface area contributed by atoms with Crippen molar-refractivity contribution >= 4 is 45.0 Å². The first-order valence-electron chi connectivity index (χ1n) is 10.6. The molecule has 0 bridgehead atoms. The predicted molar refractivity (Wildman–Crippen MR) is 128 cm³/mol. The lowest BCUT2D eigenvalue weighted by Crippen LogP contribution is -2.39. The Morgan fingerprint density at radius 2 is 2.00 bits per heavy atom. The molecule has 0 atom stereocenters. The maximum Gasteiger partial charge on any atom is 0.278 e. The number of amides is 1. The van der Waals surface area contributed by atoms with Gasteiger partial charge in [0.15, 0.2) is 5.13 Å². The third-order valence-electron chi connectivity index (χ3n) is 5.74. The Bertz CT molecular complexity index is 1030. The molecule has 7 nitrogen and oxygen atoms in total. The highest BCUT2D eigenvalue weighted by atomic mass is 35.5. The Morgan fingerprint density at radius 3 is 2.74 bits per heavy atom. The van der Waals surface area contributed by atoms with Crippen LogP contribution < -0.4 is 4.90 Å². The number of nitrogens with zero attached hydrogens (tertiary/aromatic N) is 5. The zero-order chi connectivity index (χ0) is 21.1. The Morgan fingerprint density at radius 1 is 1.23 bits per heavy atom. The third-order valence-corrected chi connectivity index (χ3v) is 6.79. The SMILES string of the molecule is CCn1nccc1C(=O)N(CCCN1CCOCC1)c1nc2c(C)c(C)ccc2s1.Cl. The van der Waals surface area contributed by atoms with Crippen LogP contribution in [0.2, 0.25) is 0 Å². The fraction of sp³-hybridized carbons (Fsp3) is 0.500. The summed E-state index contributed by atoms with van der Waals surface area (Å²) in [6, 6.07) is 6.02. The number of morpholine rings is 1. The van der Waals surface area contributed by atoms with E-state index < -0.39 is 0 Å². The number of benzene rings is 1. The van der Waals surface area contributed by atoms with Crippen LogP contribution in [0.1, 0.15) is 35.0 Å². The molecule has 0 saturated carbocycles. The van der Waals surface area contributed by atoms with Gasteiger partial charge in [-0.3, -0.25) is 19.3 Å². The van der Waals surface area contributed by atoms with Crippen LogP contribution in [-0.4, -0.2) is 65.0 Å². The van der Waals surface area contributed by atoms with Crippen molar-refractivity contribution in [1.29, 1.82) is 0 Å². The molecule has 4 rings (SSSR count). The average molecular weight is 464 g/mol. The third kappa shape index (κ3) is 5.09. The molecule has 1 amide bonds. The first-order chi connectivity index (χ1) is 14.6. The lowest BCUT2D eigenvalue weighted by atomic mass is 10.1. The number of carbonyl (C=O) groups is 1. The molecule has 9 heteroatoms. The van der Waals surface area contributed by atoms with Gasteiger partial charge in [-0.2, -0.15) is 5.10 Å². The van der Waals surface area contributed by atoms with E-state index in [1.165, 1.54) is 11.1 Å². The molecule has 168 valence electrons. The normalized spacial score (nSPS) is 14.5. The fourth-order valence-corrected chi connectivity index (χ4v) is 4.85. The second kappa shape index (κ2) is 10.5. The molecular formula is C22H30ClN5O2S. The second-order valence-electron chi connectivity index (χ2n) is 7.65. The monoisotopic (exact) mass is 463 g/mol. The summed E-state index contributed by atoms with van der Waals surface area (Å²) in [5, 5.41) is 5.04. The minimum absolute atomic E-state index is 0. The van der Waals surface area contributed by atoms with E-state index in [-0.39, 0.29) is 18.3 Å². The number of ether oxygens (including phenoxy) is 1. The standard InChI is InChI=1S/C22H29N5O2S.ClH/c1-4-27-18(8-9-23-27)21(28)26(11-5-10-25-12-14-29-15-13-25)22-24-20-17(3)16(2)6-7-19(20)30-22;/h6-9H,4-5,10-15H2,1-3H3;1H. The maximum absolute atomic E-state index is 13.5. The van der Waals surface area contributed by atoms with Crippen LogP contribution in [0.3, 0.4) is 0 Å². The van der Waals surface area contributed by atoms with Crippen molar-refractivity contribution in [3.63, 3.8) is 0 Å². The van der Waals surface area contributed by atoms with Crippen molar-refractivity contribution < 1.29 is 9.53 Å². The maximum atomic E-state index is 13.5. The van der Waals surface area contributed by atoms with Crippen LogP contribution >= 0.6 is 23.7 Å². The summed E-state index contributed by atoms with van der Waals surface area (Å²) in [5.41, 5.74) is 3.99. The van der Waals surface area contributed by atoms with Crippen molar-refractivity contribution in [1.82, 2.24) is 19.7 Å². The quantitative estimate of drug-likeness (QED) is 0.531. The molecule has 0 unspecified atom stereocenters. The van der Waals surface area contributed by atoms with E-state index >= 15 is 0 Å². The van der Waals surface area contributed by atoms with E-state index in [2.05, 4.69) is 36.0 Å². The van der Waals surface area contributed by atoms with Gasteiger partial charge < -0.3 is 4.74 Å². The van der Waals surface area contributed by atoms with Crippen LogP contribution in [0.4, 0.5) is 5.13 Å². The number of rotatable bonds is 7. The predicted octanol–water partition coefficient (Wildman–Crippen LogP) is 3.92. The smallest absolute Gasteiger partial charge is 0.278 e. The molecule has 1 saturated heterocycles. The zero-order valence-electron chi connectivity index (χ0n) is 18.3. The van der Waals surface area contributed by atoms with Gasteiger partial charge in [-0.05, 0) is 50.5 Å². The molecule has 1 fully saturated rings. The van der Waals surface area contributed by atoms with Crippen molar-refractivity contribution in [2.75, 3.05) is 44.3 Å². The largest absolute Gasteiger partial charge is 0.379 e. The summed E-state index contributed by atoms with van der Waals surface area (Å²) in [6.45, 7) is 11.9. The molecular weight excluding hydrogens is 434 g/mol. The molecule has 31 heavy (non-hydrogen) atoms. The summed E-state index contributed by atoms with van der Waals surface area (Å²) in [5.74, 6) is -0.0373. The lowest BCUT2D eigenvalue weighted by Gasteiger charge is -2.27. The highest BCUT2D eigenvalue weighted by Crippen LogP contribution is 2.32. The number of aromatic nitrogens is 3. The first kappa shape index (κ1) is 23.7. The number of halogens is 1. The van der Waals surface area contributed by atoms with Gasteiger partial charge in [0.1, 0.15) is 5.69 Å². The minimum Gasteiger partial charge on any atom is -0.379 e. The zero-order valence-corrected chi connectivity index (χ0v) is 20.0. The van der Waals surface area contributed by atoms with Crippen molar-refractivity contribution in [3.05, 3.63) is 41.2 Å². The van der Waals surface area contributed by atoms with Gasteiger partial charge in [0.05, 0.1) is 23.4 Å². The van der Waals surface area contributed by atoms with Crippen LogP contribution in [0.5, 0.6) is 0 Å². The molecule has 1 aliphatic rings. The summed E-state index contributed by atoms with van der Waals surface area (Å²) in [4.78, 5) is 22.6. The number of thiazole rings is 1. The van der Waals surface area contributed by atoms with Crippen LogP contribution in [0, 0.1) is 13.8 Å². The van der Waals surface area contributed by atoms with Gasteiger partial charge in [0, 0.05) is 38.9 Å². The van der Waals surface area contributed by atoms with Gasteiger partial charge in [0.25, 0.3) is 5.91 Å². The molecule has 1 aromatic carbocycles. The summed E-state index contributed by atoms with van der Waals surface area (Å²) >= 11 is 1.58. The molecule has 0 spiro atoms. The van der Waals surface area contributed by atoms with Crippen LogP contribution in [0.15, 0.2) is 24.4 Å². The van der Waals surface area contributed by atoms with Crippen LogP contribution in [0.25, 0.3) is 10.2 Å². The van der Waals surface area contributed by atoms with Gasteiger partial charge in [-0.15, -0.1) is 12.4 Å². The number of hydrogen-bond donors (Lipinski definition) is 0. The number of fused-ring (bicyclic) bond motifs is 1. The Hall–Kier alpha value is -2.00. The van der Waals surface area contributed by atoms with Gasteiger partial charge in [-0.1, -0.05) is 17.4 Å². The average Bonchev–Trinajstić information content (AvgIpc) is 3.41. The number of hydrogen-bond acceptors (Lipinski definition) is 6. The van der Waals surface area contributed by atoms with E-state index in [1.807, 2.05) is 11.8 Å². The summed E-state index contributed by atoms with van der Waals surface area (Å²) in [6.07, 6.45) is 2.58. The molecule has 3 heterocycles. The molecule has 0 aliphatic carbocycles. The Kier molecular flexibility index (Phi) is 8.05. The Balaban J connectivity index is 0.00000272. The van der Waals surface area contributed by atoms with E-state index in [0.717, 1.165) is 54.6 Å². The highest BCUT2D eigenvalue weighted by molar-refractivity contribution is 7.22. The second-order valence-corrected chi connectivity index (χ2v) is 8.66. The van der Waals surface area contributed by atoms with Crippen LogP contribution in [-0.2, 0) is 11.3 Å². The van der Waals surface area contributed by atoms with Crippen molar-refractivity contribution in [2.45, 2.75) is 33.7 Å². The topological polar surface area (TPSA) is 63.5 Å². The van der Waals surface area contributed by atoms with Gasteiger partial charge in [-0.25, -0.2) is 4.98 Å². The molecule has 2 aromatic heterocycles. The summed E-state index contributed by atoms with van der Waals surface area (Å²) < 4.78 is 8.30. The first-order valence-corrected chi connectivity index (χ1v) is 11.4. The number of anilines is 1. The lowest BCUT2D eigenvalue weighted by molar-refractivity contribution is 0.0376. The van der Waals surface area contributed by atoms with Crippen molar-refractivity contribution in [2.24, 2.45) is 0 Å². The van der Waals surface area contributed by atoms with Gasteiger partial charge >= 0.3 is 0 Å². The van der Waals surface area contributed by atoms with E-state index in [9.17, 15) is 4.79 Å². The van der Waals surface area contributed by atoms with E-state index in [0.29, 0.717) is 18.8 Å². The number of carbonyl (C=O) groups excluding carboxylic acids is 1. The summed E-state index contributed by atoms with van der Waals surface area (Å²) in [7, 11) is 0. The van der Waals surface area contributed by atoms with Crippen molar-refractivity contribution in [3.8, 4) is 0 Å². The Labute approximate surface area is 193 Å². The highest BCUT2D eigenvalue weighted by Gasteiger charge is 2.24. The van der Waals surface area contributed by atoms with E-state index in [4.69, 9.17) is 9.72 Å². The fourth-order valence-electron chi connectivity index (χ4n) is 3.80. The molecule has 0 radical (unpaired) electrons.